The molecular formula is C16H18N2O3. The third kappa shape index (κ3) is 2.76. The Morgan fingerprint density at radius 1 is 1.43 bits per heavy atom. The number of carbonyl (C=O) groups excluding carboxylic acids is 1. The number of aryl methyl sites for hydroxylation is 2. The summed E-state index contributed by atoms with van der Waals surface area (Å²) < 4.78 is 1.41. The highest BCUT2D eigenvalue weighted by molar-refractivity contribution is 6.09. The highest BCUT2D eigenvalue weighted by Gasteiger charge is 2.18. The highest BCUT2D eigenvalue weighted by Crippen LogP contribution is 2.23. The van der Waals surface area contributed by atoms with E-state index in [1.807, 2.05) is 0 Å². The summed E-state index contributed by atoms with van der Waals surface area (Å²) >= 11 is 0. The molecule has 5 nitrogen and oxygen atoms in total. The maximum absolute atomic E-state index is 12.2. The first-order valence-electron chi connectivity index (χ1n) is 6.60. The Bertz CT molecular complexity index is 852. The topological polar surface area (TPSA) is 75.1 Å². The van der Waals surface area contributed by atoms with Crippen molar-refractivity contribution in [3.63, 3.8) is 0 Å². The number of nitrogens with one attached hydrogen (secondary N) is 1. The number of aromatic nitrogens is 2. The number of fused-ring (bicyclic) bond motifs is 1. The van der Waals surface area contributed by atoms with Gasteiger partial charge < -0.3 is 14.7 Å². The molecule has 0 radical (unpaired) electrons. The lowest BCUT2D eigenvalue weighted by molar-refractivity contribution is 0.101. The van der Waals surface area contributed by atoms with E-state index in [2.05, 4.69) is 16.8 Å². The van der Waals surface area contributed by atoms with Crippen LogP contribution in [-0.4, -0.2) is 26.0 Å². The SMILES string of the molecule is CC(=O)c1c(C)[nH]c2c(=O)n(C)cc(C#CC(C)(C)O)c12. The van der Waals surface area contributed by atoms with Crippen molar-refractivity contribution in [1.29, 1.82) is 0 Å². The summed E-state index contributed by atoms with van der Waals surface area (Å²) in [7, 11) is 1.63. The minimum absolute atomic E-state index is 0.127. The Labute approximate surface area is 122 Å². The molecule has 0 atom stereocenters. The predicted octanol–water partition coefficient (Wildman–Crippen LogP) is 1.50. The number of pyridine rings is 1. The molecule has 0 saturated carbocycles. The molecule has 0 amide bonds. The van der Waals surface area contributed by atoms with Gasteiger partial charge in [0.25, 0.3) is 5.56 Å². The van der Waals surface area contributed by atoms with E-state index >= 15 is 0 Å². The second-order valence-electron chi connectivity index (χ2n) is 5.70. The average molecular weight is 286 g/mol. The Morgan fingerprint density at radius 3 is 2.57 bits per heavy atom. The van der Waals surface area contributed by atoms with E-state index < -0.39 is 5.60 Å². The number of rotatable bonds is 1. The Morgan fingerprint density at radius 2 is 2.05 bits per heavy atom. The number of hydrogen-bond acceptors (Lipinski definition) is 3. The molecule has 0 spiro atoms. The smallest absolute Gasteiger partial charge is 0.274 e. The van der Waals surface area contributed by atoms with Gasteiger partial charge in [-0.2, -0.15) is 0 Å². The molecule has 0 unspecified atom stereocenters. The molecule has 0 aliphatic heterocycles. The first-order valence-corrected chi connectivity index (χ1v) is 6.60. The predicted molar refractivity (Wildman–Crippen MR) is 81.5 cm³/mol. The van der Waals surface area contributed by atoms with E-state index in [0.29, 0.717) is 27.7 Å². The van der Waals surface area contributed by atoms with Crippen LogP contribution in [0.3, 0.4) is 0 Å². The van der Waals surface area contributed by atoms with E-state index in [1.165, 1.54) is 11.5 Å². The van der Waals surface area contributed by atoms with E-state index in [0.717, 1.165) is 0 Å². The number of nitrogens with zero attached hydrogens (tertiary/aromatic N) is 1. The van der Waals surface area contributed by atoms with Gasteiger partial charge in [0.1, 0.15) is 11.1 Å². The zero-order chi connectivity index (χ0) is 15.9. The van der Waals surface area contributed by atoms with Crippen molar-refractivity contribution in [2.75, 3.05) is 0 Å². The van der Waals surface area contributed by atoms with Crippen LogP contribution >= 0.6 is 0 Å². The fourth-order valence-corrected chi connectivity index (χ4v) is 2.30. The lowest BCUT2D eigenvalue weighted by Crippen LogP contribution is -2.18. The lowest BCUT2D eigenvalue weighted by atomic mass is 10.0. The van der Waals surface area contributed by atoms with Crippen molar-refractivity contribution >= 4 is 16.7 Å². The molecule has 0 aliphatic carbocycles. The number of H-pyrrole nitrogens is 1. The molecule has 0 aromatic carbocycles. The van der Waals surface area contributed by atoms with Crippen LogP contribution in [0.2, 0.25) is 0 Å². The highest BCUT2D eigenvalue weighted by atomic mass is 16.3. The van der Waals surface area contributed by atoms with Gasteiger partial charge in [-0.25, -0.2) is 0 Å². The molecule has 5 heteroatoms. The normalized spacial score (nSPS) is 11.3. The van der Waals surface area contributed by atoms with Crippen molar-refractivity contribution in [2.45, 2.75) is 33.3 Å². The van der Waals surface area contributed by atoms with Gasteiger partial charge in [0.15, 0.2) is 5.78 Å². The summed E-state index contributed by atoms with van der Waals surface area (Å²) in [5.74, 6) is 5.46. The number of aromatic amines is 1. The monoisotopic (exact) mass is 286 g/mol. The molecule has 2 N–H and O–H groups in total. The van der Waals surface area contributed by atoms with E-state index in [9.17, 15) is 14.7 Å². The van der Waals surface area contributed by atoms with Crippen LogP contribution in [0.15, 0.2) is 11.0 Å². The van der Waals surface area contributed by atoms with Crippen LogP contribution in [0.25, 0.3) is 10.9 Å². The van der Waals surface area contributed by atoms with Gasteiger partial charge in [0.2, 0.25) is 0 Å². The molecule has 0 bridgehead atoms. The summed E-state index contributed by atoms with van der Waals surface area (Å²) in [6.07, 6.45) is 1.59. The van der Waals surface area contributed by atoms with Crippen molar-refractivity contribution in [3.05, 3.63) is 33.4 Å². The lowest BCUT2D eigenvalue weighted by Gasteiger charge is -2.07. The first-order chi connectivity index (χ1) is 9.61. The quantitative estimate of drug-likeness (QED) is 0.616. The van der Waals surface area contributed by atoms with Gasteiger partial charge in [-0.1, -0.05) is 11.8 Å². The average Bonchev–Trinajstić information content (AvgIpc) is 2.69. The van der Waals surface area contributed by atoms with E-state index in [4.69, 9.17) is 0 Å². The van der Waals surface area contributed by atoms with Crippen LogP contribution in [0.4, 0.5) is 0 Å². The standard InChI is InChI=1S/C16H18N2O3/c1-9-12(10(2)19)13-11(6-7-16(3,4)21)8-18(5)15(20)14(13)17-9/h8,17,21H,1-5H3. The number of Topliss-reactive ketones (excluding diaryl/α,β-unsaturated/α-hetero) is 1. The summed E-state index contributed by atoms with van der Waals surface area (Å²) in [6, 6.07) is 0. The summed E-state index contributed by atoms with van der Waals surface area (Å²) in [5, 5.41) is 10.3. The van der Waals surface area contributed by atoms with Crippen LogP contribution < -0.4 is 5.56 Å². The minimum Gasteiger partial charge on any atom is -0.378 e. The van der Waals surface area contributed by atoms with Crippen molar-refractivity contribution in [3.8, 4) is 11.8 Å². The van der Waals surface area contributed by atoms with Crippen LogP contribution in [-0.2, 0) is 7.05 Å². The zero-order valence-electron chi connectivity index (χ0n) is 12.8. The molecule has 0 fully saturated rings. The van der Waals surface area contributed by atoms with Gasteiger partial charge in [-0.3, -0.25) is 9.59 Å². The Balaban J connectivity index is 2.93. The minimum atomic E-state index is -1.15. The maximum atomic E-state index is 12.2. The van der Waals surface area contributed by atoms with Gasteiger partial charge in [0.05, 0.1) is 5.56 Å². The van der Waals surface area contributed by atoms with E-state index in [-0.39, 0.29) is 11.3 Å². The number of hydrogen-bond donors (Lipinski definition) is 2. The number of ketones is 1. The van der Waals surface area contributed by atoms with Gasteiger partial charge in [-0.15, -0.1) is 0 Å². The molecule has 0 saturated heterocycles. The van der Waals surface area contributed by atoms with Crippen LogP contribution in [0, 0.1) is 18.8 Å². The summed E-state index contributed by atoms with van der Waals surface area (Å²) in [5.41, 5.74) is 0.666. The molecule has 0 aliphatic rings. The molecule has 110 valence electrons. The zero-order valence-corrected chi connectivity index (χ0v) is 12.8. The molecule has 2 heterocycles. The second kappa shape index (κ2) is 4.90. The summed E-state index contributed by atoms with van der Waals surface area (Å²) in [4.78, 5) is 27.0. The molecule has 2 rings (SSSR count). The number of aliphatic hydroxyl groups is 1. The van der Waals surface area contributed by atoms with Gasteiger partial charge in [-0.05, 0) is 27.7 Å². The van der Waals surface area contributed by atoms with Gasteiger partial charge in [0, 0.05) is 29.9 Å². The Hall–Kier alpha value is -2.32. The maximum Gasteiger partial charge on any atom is 0.274 e. The van der Waals surface area contributed by atoms with Crippen molar-refractivity contribution < 1.29 is 9.90 Å². The Kier molecular flexibility index (Phi) is 3.52. The van der Waals surface area contributed by atoms with E-state index in [1.54, 1.807) is 34.0 Å². The van der Waals surface area contributed by atoms with Gasteiger partial charge >= 0.3 is 0 Å². The fraction of sp³-hybridized carbons (Fsp3) is 0.375. The van der Waals surface area contributed by atoms with Crippen molar-refractivity contribution in [1.82, 2.24) is 9.55 Å². The number of carbonyl (C=O) groups is 1. The van der Waals surface area contributed by atoms with Crippen LogP contribution in [0.1, 0.15) is 42.4 Å². The second-order valence-corrected chi connectivity index (χ2v) is 5.70. The third-order valence-electron chi connectivity index (χ3n) is 3.17. The third-order valence-corrected chi connectivity index (χ3v) is 3.17. The van der Waals surface area contributed by atoms with Crippen LogP contribution in [0.5, 0.6) is 0 Å². The molecular weight excluding hydrogens is 268 g/mol. The fourth-order valence-electron chi connectivity index (χ4n) is 2.30. The molecule has 2 aromatic heterocycles. The summed E-state index contributed by atoms with van der Waals surface area (Å²) in [6.45, 7) is 6.37. The molecule has 21 heavy (non-hydrogen) atoms. The molecule has 2 aromatic rings. The van der Waals surface area contributed by atoms with Crippen molar-refractivity contribution in [2.24, 2.45) is 7.05 Å². The largest absolute Gasteiger partial charge is 0.378 e. The first kappa shape index (κ1) is 15.1.